The molecule has 0 fully saturated rings. The van der Waals surface area contributed by atoms with Crippen LogP contribution in [0.1, 0.15) is 13.8 Å². The van der Waals surface area contributed by atoms with E-state index in [9.17, 15) is 0 Å². The Labute approximate surface area is 460 Å². The number of hydrogen-bond donors (Lipinski definition) is 0. The minimum atomic E-state index is 1.08. The molecule has 0 aromatic heterocycles. The van der Waals surface area contributed by atoms with E-state index in [1.54, 1.807) is 0 Å². The zero-order valence-corrected chi connectivity index (χ0v) is 44.0. The Morgan fingerprint density at radius 1 is 0.128 bits per heavy atom. The summed E-state index contributed by atoms with van der Waals surface area (Å²) in [4.78, 5) is 9.22. The lowest BCUT2D eigenvalue weighted by atomic mass is 10.0. The third-order valence-corrected chi connectivity index (χ3v) is 13.8. The standard InChI is InChI=1S/C72H54N4.C2H6/c1-7-19-61(20-8-1)73(62-21-9-2-10-22-62)67-43-31-55(32-44-67)57-35-47-69(48-36-57)75(65-27-15-5-16-28-65)71-51-39-59(40-52-71)60-41-53-72(54-42-60)76(66-29-17-6-18-30-66)70-49-37-58(38-50-70)56-33-45-68(46-34-56)74(63-23-11-3-12-24-63)64-25-13-4-14-26-64;1-2/h1-54H;1-2H3. The fourth-order valence-electron chi connectivity index (χ4n) is 10.1. The molecule has 12 rings (SSSR count). The SMILES string of the molecule is CC.c1ccc(N(c2ccccc2)c2ccc(-c3ccc(N(c4ccccc4)c4ccc(-c5ccc(N(c6ccccc6)c6ccc(-c7ccc(N(c8ccccc8)c8ccccc8)cc7)cc6)cc5)cc4)cc3)cc2)cc1. The molecule has 12 aromatic rings. The van der Waals surface area contributed by atoms with Crippen LogP contribution in [0.2, 0.25) is 0 Å². The summed E-state index contributed by atoms with van der Waals surface area (Å²) < 4.78 is 0. The average Bonchev–Trinajstić information content (AvgIpc) is 3.57. The van der Waals surface area contributed by atoms with E-state index in [1.807, 2.05) is 13.8 Å². The highest BCUT2D eigenvalue weighted by Gasteiger charge is 2.18. The molecule has 0 radical (unpaired) electrons. The lowest BCUT2D eigenvalue weighted by molar-refractivity contribution is 1.28. The number of nitrogens with zero attached hydrogens (tertiary/aromatic N) is 4. The predicted octanol–water partition coefficient (Wildman–Crippen LogP) is 21.6. The van der Waals surface area contributed by atoms with Gasteiger partial charge < -0.3 is 19.6 Å². The topological polar surface area (TPSA) is 13.0 Å². The van der Waals surface area contributed by atoms with Crippen molar-refractivity contribution in [2.45, 2.75) is 13.8 Å². The zero-order chi connectivity index (χ0) is 52.9. The van der Waals surface area contributed by atoms with E-state index in [4.69, 9.17) is 0 Å². The minimum absolute atomic E-state index is 1.08. The second kappa shape index (κ2) is 24.0. The molecule has 0 aliphatic carbocycles. The lowest BCUT2D eigenvalue weighted by Crippen LogP contribution is -2.10. The van der Waals surface area contributed by atoms with E-state index in [2.05, 4.69) is 347 Å². The van der Waals surface area contributed by atoms with Crippen molar-refractivity contribution in [1.82, 2.24) is 0 Å². The Morgan fingerprint density at radius 2 is 0.231 bits per heavy atom. The van der Waals surface area contributed by atoms with E-state index in [1.165, 1.54) is 0 Å². The first kappa shape index (κ1) is 50.0. The quantitative estimate of drug-likeness (QED) is 0.101. The number of anilines is 12. The monoisotopic (exact) mass is 1000 g/mol. The van der Waals surface area contributed by atoms with Gasteiger partial charge in [-0.2, -0.15) is 0 Å². The third kappa shape index (κ3) is 11.1. The molecule has 0 unspecified atom stereocenters. The molecule has 4 heteroatoms. The Kier molecular flexibility index (Phi) is 15.4. The van der Waals surface area contributed by atoms with Crippen LogP contribution < -0.4 is 19.6 Å². The summed E-state index contributed by atoms with van der Waals surface area (Å²) in [6.45, 7) is 4.00. The predicted molar refractivity (Wildman–Crippen MR) is 333 cm³/mol. The molecule has 0 aliphatic rings. The largest absolute Gasteiger partial charge is 0.311 e. The van der Waals surface area contributed by atoms with Crippen molar-refractivity contribution in [2.75, 3.05) is 19.6 Å². The highest BCUT2D eigenvalue weighted by atomic mass is 15.2. The second-order valence-corrected chi connectivity index (χ2v) is 18.6. The van der Waals surface area contributed by atoms with Gasteiger partial charge in [-0.05, 0) is 179 Å². The number of hydrogen-bond acceptors (Lipinski definition) is 4. The van der Waals surface area contributed by atoms with Crippen molar-refractivity contribution in [3.05, 3.63) is 328 Å². The summed E-state index contributed by atoms with van der Waals surface area (Å²) in [5, 5.41) is 0. The molecule has 0 atom stereocenters. The molecule has 0 aliphatic heterocycles. The Hall–Kier alpha value is -10.2. The van der Waals surface area contributed by atoms with Crippen molar-refractivity contribution in [3.8, 4) is 33.4 Å². The van der Waals surface area contributed by atoms with Gasteiger partial charge >= 0.3 is 0 Å². The van der Waals surface area contributed by atoms with E-state index >= 15 is 0 Å². The first-order valence-corrected chi connectivity index (χ1v) is 26.8. The van der Waals surface area contributed by atoms with Gasteiger partial charge in [0.25, 0.3) is 0 Å². The molecule has 0 spiro atoms. The second-order valence-electron chi connectivity index (χ2n) is 18.6. The van der Waals surface area contributed by atoms with E-state index in [0.29, 0.717) is 0 Å². The van der Waals surface area contributed by atoms with E-state index in [-0.39, 0.29) is 0 Å². The van der Waals surface area contributed by atoms with Crippen LogP contribution in [-0.2, 0) is 0 Å². The van der Waals surface area contributed by atoms with Crippen LogP contribution in [0.25, 0.3) is 33.4 Å². The van der Waals surface area contributed by atoms with Gasteiger partial charge in [0.15, 0.2) is 0 Å². The van der Waals surface area contributed by atoms with Gasteiger partial charge in [-0.15, -0.1) is 0 Å². The first-order valence-electron chi connectivity index (χ1n) is 26.8. The van der Waals surface area contributed by atoms with Gasteiger partial charge in [-0.25, -0.2) is 0 Å². The van der Waals surface area contributed by atoms with E-state index in [0.717, 1.165) is 102 Å². The molecule has 0 amide bonds. The Balaban J connectivity index is 0.00000319. The number of para-hydroxylation sites is 6. The molecule has 12 aromatic carbocycles. The van der Waals surface area contributed by atoms with Gasteiger partial charge in [0, 0.05) is 68.2 Å². The summed E-state index contributed by atoms with van der Waals surface area (Å²) in [6, 6.07) is 117. The van der Waals surface area contributed by atoms with Crippen molar-refractivity contribution in [3.63, 3.8) is 0 Å². The van der Waals surface area contributed by atoms with Crippen molar-refractivity contribution < 1.29 is 0 Å². The number of benzene rings is 12. The van der Waals surface area contributed by atoms with Crippen LogP contribution >= 0.6 is 0 Å². The van der Waals surface area contributed by atoms with Crippen LogP contribution in [0, 0.1) is 0 Å². The highest BCUT2D eigenvalue weighted by Crippen LogP contribution is 2.41. The molecule has 0 heterocycles. The fourth-order valence-corrected chi connectivity index (χ4v) is 10.1. The first-order chi connectivity index (χ1) is 38.7. The van der Waals surface area contributed by atoms with Crippen LogP contribution in [0.3, 0.4) is 0 Å². The smallest absolute Gasteiger partial charge is 0.0462 e. The zero-order valence-electron chi connectivity index (χ0n) is 44.0. The maximum Gasteiger partial charge on any atom is 0.0462 e. The van der Waals surface area contributed by atoms with Crippen molar-refractivity contribution >= 4 is 68.2 Å². The number of rotatable bonds is 15. The van der Waals surface area contributed by atoms with Crippen LogP contribution in [0.5, 0.6) is 0 Å². The summed E-state index contributed by atoms with van der Waals surface area (Å²) in [5.41, 5.74) is 20.2. The summed E-state index contributed by atoms with van der Waals surface area (Å²) >= 11 is 0. The summed E-state index contributed by atoms with van der Waals surface area (Å²) in [5.74, 6) is 0. The molecule has 78 heavy (non-hydrogen) atoms. The third-order valence-electron chi connectivity index (χ3n) is 13.8. The molecular weight excluding hydrogens is 945 g/mol. The van der Waals surface area contributed by atoms with Crippen molar-refractivity contribution in [2.24, 2.45) is 0 Å². The van der Waals surface area contributed by atoms with Gasteiger partial charge in [0.1, 0.15) is 0 Å². The minimum Gasteiger partial charge on any atom is -0.311 e. The van der Waals surface area contributed by atoms with Gasteiger partial charge in [0.05, 0.1) is 0 Å². The molecule has 376 valence electrons. The van der Waals surface area contributed by atoms with Gasteiger partial charge in [-0.3, -0.25) is 0 Å². The Morgan fingerprint density at radius 3 is 0.346 bits per heavy atom. The van der Waals surface area contributed by atoms with Crippen molar-refractivity contribution in [1.29, 1.82) is 0 Å². The maximum atomic E-state index is 2.32. The van der Waals surface area contributed by atoms with Gasteiger partial charge in [0.2, 0.25) is 0 Å². The average molecular weight is 1010 g/mol. The lowest BCUT2D eigenvalue weighted by Gasteiger charge is -2.26. The Bertz CT molecular complexity index is 3390. The molecule has 0 saturated carbocycles. The molecular formula is C74H60N4. The molecule has 0 saturated heterocycles. The van der Waals surface area contributed by atoms with Crippen LogP contribution in [0.15, 0.2) is 328 Å². The summed E-state index contributed by atoms with van der Waals surface area (Å²) in [7, 11) is 0. The molecule has 0 N–H and O–H groups in total. The van der Waals surface area contributed by atoms with Crippen LogP contribution in [-0.4, -0.2) is 0 Å². The van der Waals surface area contributed by atoms with E-state index < -0.39 is 0 Å². The van der Waals surface area contributed by atoms with Gasteiger partial charge in [-0.1, -0.05) is 196 Å². The fraction of sp³-hybridized carbons (Fsp3) is 0.0270. The molecule has 0 bridgehead atoms. The maximum absolute atomic E-state index is 2.32. The highest BCUT2D eigenvalue weighted by molar-refractivity contribution is 5.84. The van der Waals surface area contributed by atoms with Crippen LogP contribution in [0.4, 0.5) is 68.2 Å². The summed E-state index contributed by atoms with van der Waals surface area (Å²) in [6.07, 6.45) is 0. The molecule has 4 nitrogen and oxygen atoms in total. The normalized spacial score (nSPS) is 10.7.